The molecule has 3 nitrogen and oxygen atoms in total. The summed E-state index contributed by atoms with van der Waals surface area (Å²) in [6.45, 7) is 12.6. The number of nitrogens with two attached hydrogens (primary N) is 1. The molecular formula is C13H28N2O. The van der Waals surface area contributed by atoms with Crippen molar-refractivity contribution in [2.75, 3.05) is 0 Å². The number of nitrogens with one attached hydrogen (secondary N) is 1. The van der Waals surface area contributed by atoms with Gasteiger partial charge in [-0.1, -0.05) is 27.7 Å². The maximum absolute atomic E-state index is 11.7. The highest BCUT2D eigenvalue weighted by atomic mass is 16.1. The molecule has 0 aromatic rings. The van der Waals surface area contributed by atoms with Gasteiger partial charge in [-0.15, -0.1) is 0 Å². The van der Waals surface area contributed by atoms with Crippen molar-refractivity contribution in [2.45, 2.75) is 66.5 Å². The molecule has 0 radical (unpaired) electrons. The van der Waals surface area contributed by atoms with Crippen molar-refractivity contribution in [1.29, 1.82) is 0 Å². The summed E-state index contributed by atoms with van der Waals surface area (Å²) in [4.78, 5) is 11.7. The first-order valence-corrected chi connectivity index (χ1v) is 6.18. The number of rotatable bonds is 5. The lowest BCUT2D eigenvalue weighted by Crippen LogP contribution is -2.38. The van der Waals surface area contributed by atoms with E-state index in [4.69, 9.17) is 5.73 Å². The van der Waals surface area contributed by atoms with E-state index in [1.54, 1.807) is 0 Å². The van der Waals surface area contributed by atoms with Crippen molar-refractivity contribution < 1.29 is 4.79 Å². The molecule has 0 aromatic heterocycles. The van der Waals surface area contributed by atoms with Gasteiger partial charge < -0.3 is 11.1 Å². The van der Waals surface area contributed by atoms with E-state index in [2.05, 4.69) is 33.0 Å². The molecule has 3 N–H and O–H groups in total. The fourth-order valence-corrected chi connectivity index (χ4v) is 1.53. The quantitative estimate of drug-likeness (QED) is 0.758. The van der Waals surface area contributed by atoms with Crippen molar-refractivity contribution in [1.82, 2.24) is 5.32 Å². The largest absolute Gasteiger partial charge is 0.354 e. The van der Waals surface area contributed by atoms with Gasteiger partial charge in [-0.3, -0.25) is 4.79 Å². The van der Waals surface area contributed by atoms with Crippen LogP contribution in [0, 0.1) is 11.3 Å². The molecular weight excluding hydrogens is 200 g/mol. The number of carbonyl (C=O) groups is 1. The van der Waals surface area contributed by atoms with Gasteiger partial charge in [-0.25, -0.2) is 0 Å². The summed E-state index contributed by atoms with van der Waals surface area (Å²) in [5, 5.41) is 3.00. The maximum atomic E-state index is 11.7. The van der Waals surface area contributed by atoms with Crippen molar-refractivity contribution in [3.63, 3.8) is 0 Å². The van der Waals surface area contributed by atoms with Crippen LogP contribution in [0.25, 0.3) is 0 Å². The molecule has 1 amide bonds. The molecule has 0 aliphatic carbocycles. The van der Waals surface area contributed by atoms with Crippen molar-refractivity contribution >= 4 is 5.91 Å². The van der Waals surface area contributed by atoms with E-state index < -0.39 is 0 Å². The zero-order chi connectivity index (χ0) is 12.9. The van der Waals surface area contributed by atoms with Crippen molar-refractivity contribution in [2.24, 2.45) is 17.1 Å². The van der Waals surface area contributed by atoms with Crippen molar-refractivity contribution in [3.05, 3.63) is 0 Å². The first kappa shape index (κ1) is 15.4. The van der Waals surface area contributed by atoms with Gasteiger partial charge in [0.1, 0.15) is 0 Å². The van der Waals surface area contributed by atoms with E-state index in [1.165, 1.54) is 0 Å². The topological polar surface area (TPSA) is 55.1 Å². The smallest absolute Gasteiger partial charge is 0.220 e. The highest BCUT2D eigenvalue weighted by Gasteiger charge is 2.23. The summed E-state index contributed by atoms with van der Waals surface area (Å²) in [7, 11) is 0. The summed E-state index contributed by atoms with van der Waals surface area (Å²) in [5.74, 6) is 0.519. The van der Waals surface area contributed by atoms with Crippen LogP contribution in [-0.4, -0.2) is 18.0 Å². The normalized spacial score (nSPS) is 17.7. The van der Waals surface area contributed by atoms with E-state index in [1.807, 2.05) is 13.8 Å². The summed E-state index contributed by atoms with van der Waals surface area (Å²) in [6, 6.07) is 0.301. The Balaban J connectivity index is 4.00. The zero-order valence-corrected chi connectivity index (χ0v) is 11.6. The Hall–Kier alpha value is -0.570. The molecule has 0 rings (SSSR count). The minimum absolute atomic E-state index is 0.135. The molecule has 0 spiro atoms. The summed E-state index contributed by atoms with van der Waals surface area (Å²) in [5.41, 5.74) is 5.87. The predicted octanol–water partition coefficient (Wildman–Crippen LogP) is 2.30. The molecule has 3 unspecified atom stereocenters. The Morgan fingerprint density at radius 1 is 1.25 bits per heavy atom. The van der Waals surface area contributed by atoms with E-state index in [0.717, 1.165) is 6.42 Å². The molecule has 0 bridgehead atoms. The molecule has 0 heterocycles. The standard InChI is InChI=1S/C13H28N2O/c1-9(13(4,5)6)7-12(16)15-11(3)8-10(2)14/h9-11H,7-8,14H2,1-6H3,(H,15,16). The number of amides is 1. The van der Waals surface area contributed by atoms with Crippen molar-refractivity contribution in [3.8, 4) is 0 Å². The highest BCUT2D eigenvalue weighted by molar-refractivity contribution is 5.76. The first-order chi connectivity index (χ1) is 7.12. The summed E-state index contributed by atoms with van der Waals surface area (Å²) >= 11 is 0. The monoisotopic (exact) mass is 228 g/mol. The number of hydrogen-bond donors (Lipinski definition) is 2. The third kappa shape index (κ3) is 6.83. The van der Waals surface area contributed by atoms with Crippen LogP contribution in [0.4, 0.5) is 0 Å². The SMILES string of the molecule is CC(N)CC(C)NC(=O)CC(C)C(C)(C)C. The first-order valence-electron chi connectivity index (χ1n) is 6.18. The molecule has 16 heavy (non-hydrogen) atoms. The lowest BCUT2D eigenvalue weighted by Gasteiger charge is -2.27. The third-order valence-corrected chi connectivity index (χ3v) is 3.10. The van der Waals surface area contributed by atoms with E-state index >= 15 is 0 Å². The van der Waals surface area contributed by atoms with Gasteiger partial charge in [0, 0.05) is 18.5 Å². The minimum atomic E-state index is 0.135. The summed E-state index contributed by atoms with van der Waals surface area (Å²) < 4.78 is 0. The molecule has 0 aliphatic rings. The number of hydrogen-bond acceptors (Lipinski definition) is 2. The molecule has 0 saturated heterocycles. The van der Waals surface area contributed by atoms with Crippen LogP contribution in [0.5, 0.6) is 0 Å². The average molecular weight is 228 g/mol. The minimum Gasteiger partial charge on any atom is -0.354 e. The number of carbonyl (C=O) groups excluding carboxylic acids is 1. The fourth-order valence-electron chi connectivity index (χ4n) is 1.53. The maximum Gasteiger partial charge on any atom is 0.220 e. The Labute approximate surface area is 100 Å². The Bertz CT molecular complexity index is 218. The van der Waals surface area contributed by atoms with Crippen LogP contribution in [-0.2, 0) is 4.79 Å². The van der Waals surface area contributed by atoms with Crippen LogP contribution in [0.3, 0.4) is 0 Å². The zero-order valence-electron chi connectivity index (χ0n) is 11.6. The molecule has 0 aromatic carbocycles. The van der Waals surface area contributed by atoms with Gasteiger partial charge in [0.25, 0.3) is 0 Å². The Morgan fingerprint density at radius 2 is 1.75 bits per heavy atom. The fraction of sp³-hybridized carbons (Fsp3) is 0.923. The molecule has 3 heteroatoms. The lowest BCUT2D eigenvalue weighted by molar-refractivity contribution is -0.123. The van der Waals surface area contributed by atoms with E-state index in [-0.39, 0.29) is 23.4 Å². The molecule has 0 aliphatic heterocycles. The van der Waals surface area contributed by atoms with Crippen LogP contribution in [0.15, 0.2) is 0 Å². The van der Waals surface area contributed by atoms with Gasteiger partial charge in [0.2, 0.25) is 5.91 Å². The second-order valence-electron chi connectivity index (χ2n) is 6.15. The summed E-state index contributed by atoms with van der Waals surface area (Å²) in [6.07, 6.45) is 1.42. The molecule has 96 valence electrons. The second kappa shape index (κ2) is 6.24. The third-order valence-electron chi connectivity index (χ3n) is 3.10. The molecule has 0 fully saturated rings. The van der Waals surface area contributed by atoms with E-state index in [9.17, 15) is 4.79 Å². The van der Waals surface area contributed by atoms with Gasteiger partial charge >= 0.3 is 0 Å². The van der Waals surface area contributed by atoms with Gasteiger partial charge in [0.15, 0.2) is 0 Å². The van der Waals surface area contributed by atoms with Crippen LogP contribution in [0.1, 0.15) is 54.4 Å². The van der Waals surface area contributed by atoms with Gasteiger partial charge in [0.05, 0.1) is 0 Å². The van der Waals surface area contributed by atoms with Gasteiger partial charge in [-0.2, -0.15) is 0 Å². The Morgan fingerprint density at radius 3 is 2.12 bits per heavy atom. The Kier molecular flexibility index (Phi) is 6.01. The lowest BCUT2D eigenvalue weighted by atomic mass is 9.80. The molecule has 0 saturated carbocycles. The van der Waals surface area contributed by atoms with Crippen LogP contribution >= 0.6 is 0 Å². The van der Waals surface area contributed by atoms with Crippen LogP contribution in [0.2, 0.25) is 0 Å². The van der Waals surface area contributed by atoms with E-state index in [0.29, 0.717) is 12.3 Å². The highest BCUT2D eigenvalue weighted by Crippen LogP contribution is 2.27. The van der Waals surface area contributed by atoms with Crippen LogP contribution < -0.4 is 11.1 Å². The second-order valence-corrected chi connectivity index (χ2v) is 6.15. The average Bonchev–Trinajstić information content (AvgIpc) is 1.98. The molecule has 3 atom stereocenters. The predicted molar refractivity (Wildman–Crippen MR) is 69.1 cm³/mol. The van der Waals surface area contributed by atoms with Gasteiger partial charge in [-0.05, 0) is 31.6 Å².